The Balaban J connectivity index is 1.64. The van der Waals surface area contributed by atoms with Gasteiger partial charge < -0.3 is 4.52 Å². The first kappa shape index (κ1) is 22.4. The van der Waals surface area contributed by atoms with Gasteiger partial charge in [0.2, 0.25) is 21.8 Å². The number of likely N-dealkylation sites (N-methyl/N-ethyl adjacent to an activating group) is 1. The molecule has 0 saturated heterocycles. The first-order valence-corrected chi connectivity index (χ1v) is 11.1. The van der Waals surface area contributed by atoms with Crippen LogP contribution in [-0.4, -0.2) is 43.2 Å². The van der Waals surface area contributed by atoms with E-state index in [1.807, 2.05) is 24.3 Å². The van der Waals surface area contributed by atoms with Gasteiger partial charge in [0, 0.05) is 24.2 Å². The molecule has 0 aliphatic heterocycles. The Morgan fingerprint density at radius 3 is 2.29 bits per heavy atom. The summed E-state index contributed by atoms with van der Waals surface area (Å²) in [6.07, 6.45) is 0.928. The van der Waals surface area contributed by atoms with Crippen molar-refractivity contribution < 1.29 is 22.5 Å². The van der Waals surface area contributed by atoms with Crippen LogP contribution in [-0.2, 0) is 21.2 Å². The highest BCUT2D eigenvalue weighted by atomic mass is 32.2. The minimum absolute atomic E-state index is 0.00900. The van der Waals surface area contributed by atoms with Gasteiger partial charge in [-0.1, -0.05) is 48.5 Å². The molecule has 9 heteroatoms. The van der Waals surface area contributed by atoms with Crippen molar-refractivity contribution in [2.75, 3.05) is 18.9 Å². The molecule has 0 aliphatic rings. The smallest absolute Gasteiger partial charge is 0.243 e. The van der Waals surface area contributed by atoms with Gasteiger partial charge in [0.05, 0.1) is 11.4 Å². The number of carbonyl (C=O) groups excluding carboxylic acids is 2. The second-order valence-electron chi connectivity index (χ2n) is 7.02. The summed E-state index contributed by atoms with van der Waals surface area (Å²) < 4.78 is 31.4. The van der Waals surface area contributed by atoms with E-state index < -0.39 is 22.5 Å². The van der Waals surface area contributed by atoms with Crippen molar-refractivity contribution in [2.24, 2.45) is 0 Å². The molecule has 3 rings (SSSR count). The Bertz CT molecular complexity index is 1180. The van der Waals surface area contributed by atoms with Crippen LogP contribution in [0.1, 0.15) is 29.8 Å². The molecule has 1 amide bonds. The van der Waals surface area contributed by atoms with Crippen LogP contribution >= 0.6 is 0 Å². The topological polar surface area (TPSA) is 110 Å². The van der Waals surface area contributed by atoms with Crippen LogP contribution in [0.15, 0.2) is 64.0 Å². The number of hydrogen-bond acceptors (Lipinski definition) is 6. The maximum Gasteiger partial charge on any atom is 0.243 e. The SMILES string of the molecule is CCc1ccc(-c2cc(NC(=O)CN(C)S(=O)(=O)c3ccc(C(C)=O)cc3)on2)cc1. The highest BCUT2D eigenvalue weighted by molar-refractivity contribution is 7.89. The molecule has 0 radical (unpaired) electrons. The molecule has 2 aromatic carbocycles. The molecule has 1 heterocycles. The summed E-state index contributed by atoms with van der Waals surface area (Å²) in [6.45, 7) is 3.05. The number of Topliss-reactive ketones (excluding diaryl/α,β-unsaturated/α-hetero) is 1. The van der Waals surface area contributed by atoms with Crippen molar-refractivity contribution in [3.8, 4) is 11.3 Å². The lowest BCUT2D eigenvalue weighted by Crippen LogP contribution is -2.34. The van der Waals surface area contributed by atoms with Crippen molar-refractivity contribution >= 4 is 27.6 Å². The summed E-state index contributed by atoms with van der Waals surface area (Å²) in [6, 6.07) is 14.9. The highest BCUT2D eigenvalue weighted by Crippen LogP contribution is 2.22. The molecule has 1 aromatic heterocycles. The number of anilines is 1. The van der Waals surface area contributed by atoms with E-state index in [0.717, 1.165) is 16.3 Å². The summed E-state index contributed by atoms with van der Waals surface area (Å²) in [5, 5.41) is 6.46. The number of benzene rings is 2. The fourth-order valence-corrected chi connectivity index (χ4v) is 4.01. The number of rotatable bonds is 8. The lowest BCUT2D eigenvalue weighted by molar-refractivity contribution is -0.116. The monoisotopic (exact) mass is 441 g/mol. The highest BCUT2D eigenvalue weighted by Gasteiger charge is 2.23. The van der Waals surface area contributed by atoms with Crippen LogP contribution in [0, 0.1) is 0 Å². The van der Waals surface area contributed by atoms with Gasteiger partial charge in [-0.15, -0.1) is 0 Å². The molecule has 162 valence electrons. The molecule has 0 saturated carbocycles. The normalized spacial score (nSPS) is 11.5. The summed E-state index contributed by atoms with van der Waals surface area (Å²) >= 11 is 0. The molecule has 1 N–H and O–H groups in total. The predicted octanol–water partition coefficient (Wildman–Crippen LogP) is 3.37. The quantitative estimate of drug-likeness (QED) is 0.537. The van der Waals surface area contributed by atoms with Gasteiger partial charge in [0.15, 0.2) is 5.78 Å². The fourth-order valence-electron chi connectivity index (χ4n) is 2.89. The van der Waals surface area contributed by atoms with E-state index in [1.165, 1.54) is 43.8 Å². The molecule has 3 aromatic rings. The van der Waals surface area contributed by atoms with Gasteiger partial charge >= 0.3 is 0 Å². The number of ketones is 1. The Morgan fingerprint density at radius 1 is 1.06 bits per heavy atom. The molecule has 8 nitrogen and oxygen atoms in total. The van der Waals surface area contributed by atoms with E-state index in [2.05, 4.69) is 17.4 Å². The van der Waals surface area contributed by atoms with Crippen molar-refractivity contribution in [3.63, 3.8) is 0 Å². The molecule has 0 atom stereocenters. The number of nitrogens with zero attached hydrogens (tertiary/aromatic N) is 2. The lowest BCUT2D eigenvalue weighted by Gasteiger charge is -2.16. The third kappa shape index (κ3) is 5.25. The molecular weight excluding hydrogens is 418 g/mol. The van der Waals surface area contributed by atoms with E-state index in [9.17, 15) is 18.0 Å². The average Bonchev–Trinajstić information content (AvgIpc) is 3.22. The van der Waals surface area contributed by atoms with Crippen LogP contribution < -0.4 is 5.32 Å². The fraction of sp³-hybridized carbons (Fsp3) is 0.227. The van der Waals surface area contributed by atoms with Gasteiger partial charge in [-0.25, -0.2) is 8.42 Å². The van der Waals surface area contributed by atoms with E-state index in [-0.39, 0.29) is 16.6 Å². The predicted molar refractivity (Wildman–Crippen MR) is 116 cm³/mol. The largest absolute Gasteiger partial charge is 0.338 e. The van der Waals surface area contributed by atoms with Crippen molar-refractivity contribution in [1.29, 1.82) is 0 Å². The lowest BCUT2D eigenvalue weighted by atomic mass is 10.1. The van der Waals surface area contributed by atoms with Crippen LogP contribution in [0.4, 0.5) is 5.88 Å². The van der Waals surface area contributed by atoms with Gasteiger partial charge in [0.25, 0.3) is 0 Å². The Labute approximate surface area is 180 Å². The number of sulfonamides is 1. The molecular formula is C22H23N3O5S. The second-order valence-corrected chi connectivity index (χ2v) is 9.06. The second kappa shape index (κ2) is 9.23. The number of nitrogens with one attached hydrogen (secondary N) is 1. The Hall–Kier alpha value is -3.30. The summed E-state index contributed by atoms with van der Waals surface area (Å²) in [4.78, 5) is 23.7. The number of aromatic nitrogens is 1. The third-order valence-corrected chi connectivity index (χ3v) is 6.58. The van der Waals surface area contributed by atoms with Crippen LogP contribution in [0.2, 0.25) is 0 Å². The average molecular weight is 442 g/mol. The van der Waals surface area contributed by atoms with Crippen molar-refractivity contribution in [3.05, 3.63) is 65.7 Å². The number of amides is 1. The molecule has 0 spiro atoms. The van der Waals surface area contributed by atoms with Crippen LogP contribution in [0.5, 0.6) is 0 Å². The zero-order valence-corrected chi connectivity index (χ0v) is 18.3. The number of aryl methyl sites for hydroxylation is 1. The zero-order valence-electron chi connectivity index (χ0n) is 17.5. The number of carbonyl (C=O) groups is 2. The van der Waals surface area contributed by atoms with Crippen LogP contribution in [0.3, 0.4) is 0 Å². The summed E-state index contributed by atoms with van der Waals surface area (Å²) in [5.74, 6) is -0.615. The first-order valence-electron chi connectivity index (χ1n) is 9.64. The summed E-state index contributed by atoms with van der Waals surface area (Å²) in [7, 11) is -2.60. The first-order chi connectivity index (χ1) is 14.7. The van der Waals surface area contributed by atoms with Gasteiger partial charge in [0.1, 0.15) is 5.69 Å². The number of hydrogen-bond donors (Lipinski definition) is 1. The molecule has 0 bridgehead atoms. The van der Waals surface area contributed by atoms with E-state index in [0.29, 0.717) is 11.3 Å². The van der Waals surface area contributed by atoms with E-state index in [1.54, 1.807) is 6.07 Å². The minimum Gasteiger partial charge on any atom is -0.338 e. The molecule has 0 unspecified atom stereocenters. The molecule has 0 aliphatic carbocycles. The Kier molecular flexibility index (Phi) is 6.67. The van der Waals surface area contributed by atoms with E-state index >= 15 is 0 Å². The maximum atomic E-state index is 12.7. The molecule has 0 fully saturated rings. The van der Waals surface area contributed by atoms with Crippen LogP contribution in [0.25, 0.3) is 11.3 Å². The maximum absolute atomic E-state index is 12.7. The molecule has 31 heavy (non-hydrogen) atoms. The van der Waals surface area contributed by atoms with Gasteiger partial charge in [-0.3, -0.25) is 14.9 Å². The zero-order chi connectivity index (χ0) is 22.6. The Morgan fingerprint density at radius 2 is 1.71 bits per heavy atom. The van der Waals surface area contributed by atoms with Crippen molar-refractivity contribution in [1.82, 2.24) is 9.46 Å². The third-order valence-electron chi connectivity index (χ3n) is 4.77. The summed E-state index contributed by atoms with van der Waals surface area (Å²) in [5.41, 5.74) is 3.00. The standard InChI is InChI=1S/C22H23N3O5S/c1-4-16-5-7-18(8-6-16)20-13-22(30-24-20)23-21(27)14-25(3)31(28,29)19-11-9-17(10-12-19)15(2)26/h5-13H,4,14H2,1-3H3,(H,23,27). The van der Waals surface area contributed by atoms with Gasteiger partial charge in [-0.2, -0.15) is 4.31 Å². The minimum atomic E-state index is -3.90. The van der Waals surface area contributed by atoms with Gasteiger partial charge in [-0.05, 0) is 31.0 Å². The van der Waals surface area contributed by atoms with E-state index in [4.69, 9.17) is 4.52 Å². The van der Waals surface area contributed by atoms with Crippen molar-refractivity contribution in [2.45, 2.75) is 25.2 Å².